The molecule has 0 unspecified atom stereocenters. The molecule has 6 rings (SSSR count). The summed E-state index contributed by atoms with van der Waals surface area (Å²) in [5.74, 6) is 6.28. The SMILES string of the molecule is CCc1nc2cccc(C#Cc3ccn(C)n3)c2c(=O)n1-c1ccccc1.NC(=O)c1c(N)nn2ncncc12. The Labute approximate surface area is 227 Å². The minimum Gasteiger partial charge on any atom is -0.381 e. The van der Waals surface area contributed by atoms with Gasteiger partial charge in [0.2, 0.25) is 0 Å². The summed E-state index contributed by atoms with van der Waals surface area (Å²) in [7, 11) is 1.85. The van der Waals surface area contributed by atoms with Crippen LogP contribution >= 0.6 is 0 Å². The second-order valence-electron chi connectivity index (χ2n) is 8.59. The highest BCUT2D eigenvalue weighted by Crippen LogP contribution is 2.17. The molecule has 0 aliphatic carbocycles. The van der Waals surface area contributed by atoms with Gasteiger partial charge in [-0.15, -0.1) is 14.8 Å². The number of carbonyl (C=O) groups excluding carboxylic acids is 1. The molecule has 40 heavy (non-hydrogen) atoms. The molecule has 0 radical (unpaired) electrons. The highest BCUT2D eigenvalue weighted by atomic mass is 16.1. The maximum Gasteiger partial charge on any atom is 0.267 e. The number of anilines is 1. The number of para-hydroxylation sites is 1. The molecule has 0 bridgehead atoms. The van der Waals surface area contributed by atoms with Crippen LogP contribution in [0.5, 0.6) is 0 Å². The van der Waals surface area contributed by atoms with Gasteiger partial charge in [-0.2, -0.15) is 5.10 Å². The average molecular weight is 533 g/mol. The standard InChI is InChI=1S/C22H18N4O.C6H6N6O/c1-3-20-23-19-11-7-8-16(12-13-17-14-15-25(2)24-17)21(19)22(27)26(20)18-9-5-4-6-10-18;7-5-4(6(8)13)3-1-9-2-10-12(3)11-5/h4-11,14-15H,3H2,1-2H3;1-2H,(H2,7,11)(H2,8,13). The first-order valence-electron chi connectivity index (χ1n) is 12.2. The van der Waals surface area contributed by atoms with E-state index >= 15 is 0 Å². The number of aryl methyl sites for hydroxylation is 2. The summed E-state index contributed by atoms with van der Waals surface area (Å²) in [6, 6.07) is 17.0. The van der Waals surface area contributed by atoms with Gasteiger partial charge in [-0.1, -0.05) is 37.1 Å². The maximum absolute atomic E-state index is 13.4. The minimum absolute atomic E-state index is 0.0630. The van der Waals surface area contributed by atoms with E-state index in [1.807, 2.05) is 74.8 Å². The smallest absolute Gasteiger partial charge is 0.267 e. The first kappa shape index (κ1) is 25.8. The molecule has 0 spiro atoms. The van der Waals surface area contributed by atoms with Gasteiger partial charge in [0.05, 0.1) is 22.8 Å². The number of carbonyl (C=O) groups is 1. The fourth-order valence-electron chi connectivity index (χ4n) is 4.15. The van der Waals surface area contributed by atoms with Crippen molar-refractivity contribution in [2.24, 2.45) is 12.8 Å². The number of primary amides is 1. The van der Waals surface area contributed by atoms with E-state index in [0.717, 1.165) is 11.5 Å². The largest absolute Gasteiger partial charge is 0.381 e. The molecule has 12 heteroatoms. The summed E-state index contributed by atoms with van der Waals surface area (Å²) in [6.07, 6.45) is 5.22. The van der Waals surface area contributed by atoms with E-state index < -0.39 is 5.91 Å². The Balaban J connectivity index is 0.000000207. The molecule has 0 saturated heterocycles. The van der Waals surface area contributed by atoms with E-state index in [1.165, 1.54) is 17.2 Å². The lowest BCUT2D eigenvalue weighted by molar-refractivity contribution is 0.100. The molecule has 1 amide bonds. The molecule has 12 nitrogen and oxygen atoms in total. The highest BCUT2D eigenvalue weighted by Gasteiger charge is 2.16. The summed E-state index contributed by atoms with van der Waals surface area (Å²) < 4.78 is 4.58. The number of nitrogens with zero attached hydrogens (tertiary/aromatic N) is 8. The molecule has 4 N–H and O–H groups in total. The van der Waals surface area contributed by atoms with Crippen LogP contribution in [0.4, 0.5) is 5.82 Å². The Kier molecular flexibility index (Phi) is 7.02. The van der Waals surface area contributed by atoms with Crippen LogP contribution in [-0.4, -0.2) is 45.1 Å². The number of amides is 1. The van der Waals surface area contributed by atoms with Crippen molar-refractivity contribution < 1.29 is 4.79 Å². The van der Waals surface area contributed by atoms with E-state index in [9.17, 15) is 9.59 Å². The number of nitrogen functional groups attached to an aromatic ring is 1. The number of hydrogen-bond donors (Lipinski definition) is 2. The van der Waals surface area contributed by atoms with Gasteiger partial charge >= 0.3 is 0 Å². The average Bonchev–Trinajstić information content (AvgIpc) is 3.53. The van der Waals surface area contributed by atoms with Crippen molar-refractivity contribution in [3.8, 4) is 17.5 Å². The van der Waals surface area contributed by atoms with Crippen molar-refractivity contribution in [3.05, 3.63) is 106 Å². The summed E-state index contributed by atoms with van der Waals surface area (Å²) in [6.45, 7) is 2.00. The van der Waals surface area contributed by atoms with Crippen LogP contribution < -0.4 is 17.0 Å². The Bertz CT molecular complexity index is 1980. The third-order valence-corrected chi connectivity index (χ3v) is 5.94. The number of aromatic nitrogens is 8. The molecular weight excluding hydrogens is 508 g/mol. The summed E-state index contributed by atoms with van der Waals surface area (Å²) in [5, 5.41) is 12.3. The van der Waals surface area contributed by atoms with Crippen LogP contribution in [0.1, 0.15) is 34.4 Å². The molecule has 0 aliphatic rings. The molecule has 6 aromatic rings. The van der Waals surface area contributed by atoms with Crippen LogP contribution in [0.15, 0.2) is 78.1 Å². The number of rotatable bonds is 3. The van der Waals surface area contributed by atoms with Crippen LogP contribution in [0, 0.1) is 11.8 Å². The molecule has 4 aromatic heterocycles. The fourth-order valence-corrected chi connectivity index (χ4v) is 4.15. The third-order valence-electron chi connectivity index (χ3n) is 5.94. The Morgan fingerprint density at radius 1 is 1.02 bits per heavy atom. The van der Waals surface area contributed by atoms with Crippen molar-refractivity contribution in [2.45, 2.75) is 13.3 Å². The van der Waals surface area contributed by atoms with Gasteiger partial charge in [0.15, 0.2) is 5.82 Å². The van der Waals surface area contributed by atoms with E-state index in [-0.39, 0.29) is 16.9 Å². The van der Waals surface area contributed by atoms with E-state index in [4.69, 9.17) is 16.5 Å². The van der Waals surface area contributed by atoms with Crippen molar-refractivity contribution in [3.63, 3.8) is 0 Å². The maximum atomic E-state index is 13.4. The van der Waals surface area contributed by atoms with E-state index in [2.05, 4.69) is 32.1 Å². The lowest BCUT2D eigenvalue weighted by Crippen LogP contribution is -2.24. The first-order chi connectivity index (χ1) is 19.4. The fraction of sp³-hybridized carbons (Fsp3) is 0.107. The van der Waals surface area contributed by atoms with Crippen LogP contribution in [0.25, 0.3) is 22.1 Å². The van der Waals surface area contributed by atoms with Crippen LogP contribution in [0.3, 0.4) is 0 Å². The van der Waals surface area contributed by atoms with Gasteiger partial charge in [0, 0.05) is 25.2 Å². The summed E-state index contributed by atoms with van der Waals surface area (Å²) in [4.78, 5) is 32.8. The predicted molar refractivity (Wildman–Crippen MR) is 150 cm³/mol. The molecule has 2 aromatic carbocycles. The van der Waals surface area contributed by atoms with E-state index in [0.29, 0.717) is 34.1 Å². The predicted octanol–water partition coefficient (Wildman–Crippen LogP) is 1.89. The monoisotopic (exact) mass is 532 g/mol. The van der Waals surface area contributed by atoms with Crippen molar-refractivity contribution in [2.75, 3.05) is 5.73 Å². The second-order valence-corrected chi connectivity index (χ2v) is 8.59. The Hall–Kier alpha value is -5.83. The van der Waals surface area contributed by atoms with Crippen molar-refractivity contribution >= 4 is 28.1 Å². The van der Waals surface area contributed by atoms with Gasteiger partial charge in [0.1, 0.15) is 28.9 Å². The van der Waals surface area contributed by atoms with Crippen molar-refractivity contribution in [1.29, 1.82) is 0 Å². The van der Waals surface area contributed by atoms with Gasteiger partial charge in [-0.25, -0.2) is 9.97 Å². The summed E-state index contributed by atoms with van der Waals surface area (Å²) in [5.41, 5.74) is 13.8. The number of hydrogen-bond acceptors (Lipinski definition) is 8. The molecule has 4 heterocycles. The van der Waals surface area contributed by atoms with Gasteiger partial charge in [0.25, 0.3) is 11.5 Å². The molecule has 0 saturated carbocycles. The van der Waals surface area contributed by atoms with Crippen LogP contribution in [-0.2, 0) is 13.5 Å². The third kappa shape index (κ3) is 4.99. The van der Waals surface area contributed by atoms with Gasteiger partial charge in [-0.05, 0) is 36.3 Å². The lowest BCUT2D eigenvalue weighted by Gasteiger charge is -2.13. The Morgan fingerprint density at radius 2 is 1.82 bits per heavy atom. The van der Waals surface area contributed by atoms with Gasteiger partial charge < -0.3 is 11.5 Å². The highest BCUT2D eigenvalue weighted by molar-refractivity contribution is 6.03. The molecule has 0 fully saturated rings. The Morgan fingerprint density at radius 3 is 2.52 bits per heavy atom. The number of nitrogens with two attached hydrogens (primary N) is 2. The zero-order valence-electron chi connectivity index (χ0n) is 21.7. The first-order valence-corrected chi connectivity index (χ1v) is 12.2. The second kappa shape index (κ2) is 10.9. The quantitative estimate of drug-likeness (QED) is 0.326. The molecular formula is C28H24N10O2. The lowest BCUT2D eigenvalue weighted by atomic mass is 10.1. The normalized spacial score (nSPS) is 10.6. The zero-order valence-corrected chi connectivity index (χ0v) is 21.7. The molecule has 0 atom stereocenters. The minimum atomic E-state index is -0.637. The number of fused-ring (bicyclic) bond motifs is 2. The van der Waals surface area contributed by atoms with Crippen molar-refractivity contribution in [1.82, 2.24) is 39.1 Å². The molecule has 0 aliphatic heterocycles. The topological polar surface area (TPSA) is 165 Å². The van der Waals surface area contributed by atoms with Gasteiger partial charge in [-0.3, -0.25) is 18.8 Å². The summed E-state index contributed by atoms with van der Waals surface area (Å²) >= 11 is 0. The van der Waals surface area contributed by atoms with Crippen LogP contribution in [0.2, 0.25) is 0 Å². The molecule has 198 valence electrons. The van der Waals surface area contributed by atoms with E-state index in [1.54, 1.807) is 9.25 Å². The zero-order chi connectivity index (χ0) is 28.2. The number of benzene rings is 2.